The maximum Gasteiger partial charge on any atom is 0.422 e. The third-order valence-corrected chi connectivity index (χ3v) is 2.15. The topological polar surface area (TPSA) is 47.6 Å². The smallest absolute Gasteiger partial charge is 0.422 e. The average Bonchev–Trinajstić information content (AvgIpc) is 2.36. The predicted octanol–water partition coefficient (Wildman–Crippen LogP) is 3.12. The summed E-state index contributed by atoms with van der Waals surface area (Å²) in [5.41, 5.74) is 0.745. The number of carbonyl (C=O) groups excluding carboxylic acids is 1. The number of hydrogen-bond donors (Lipinski definition) is 1. The van der Waals surface area contributed by atoms with E-state index in [0.717, 1.165) is 0 Å². The molecule has 0 radical (unpaired) electrons. The number of halogens is 3. The second-order valence-electron chi connectivity index (χ2n) is 3.88. The zero-order valence-electron chi connectivity index (χ0n) is 11.0. The average molecular weight is 289 g/mol. The molecule has 0 fully saturated rings. The Morgan fingerprint density at radius 1 is 1.35 bits per heavy atom. The van der Waals surface area contributed by atoms with Gasteiger partial charge in [-0.1, -0.05) is 12.1 Å². The van der Waals surface area contributed by atoms with Gasteiger partial charge in [-0.3, -0.25) is 0 Å². The number of alkyl halides is 3. The Kier molecular flexibility index (Phi) is 5.42. The number of hydrogen-bond acceptors (Lipinski definition) is 4. The predicted molar refractivity (Wildman–Crippen MR) is 67.4 cm³/mol. The first-order valence-corrected chi connectivity index (χ1v) is 5.63. The van der Waals surface area contributed by atoms with Crippen LogP contribution in [0.4, 0.5) is 18.9 Å². The lowest BCUT2D eigenvalue weighted by molar-refractivity contribution is -0.153. The lowest BCUT2D eigenvalue weighted by atomic mass is 10.2. The van der Waals surface area contributed by atoms with E-state index in [4.69, 9.17) is 4.74 Å². The first kappa shape index (κ1) is 15.9. The Hall–Kier alpha value is -2.18. The fourth-order valence-electron chi connectivity index (χ4n) is 1.34. The molecule has 0 aliphatic rings. The summed E-state index contributed by atoms with van der Waals surface area (Å²) in [4.78, 5) is 11.0. The van der Waals surface area contributed by atoms with Gasteiger partial charge in [-0.2, -0.15) is 13.2 Å². The van der Waals surface area contributed by atoms with Crippen molar-refractivity contribution in [3.63, 3.8) is 0 Å². The highest BCUT2D eigenvalue weighted by atomic mass is 19.4. The van der Waals surface area contributed by atoms with E-state index in [2.05, 4.69) is 10.1 Å². The van der Waals surface area contributed by atoms with Crippen molar-refractivity contribution in [3.05, 3.63) is 36.0 Å². The molecule has 1 aromatic carbocycles. The van der Waals surface area contributed by atoms with E-state index in [-0.39, 0.29) is 5.75 Å². The van der Waals surface area contributed by atoms with Crippen molar-refractivity contribution in [3.8, 4) is 5.75 Å². The summed E-state index contributed by atoms with van der Waals surface area (Å²) in [6, 6.07) is 6.13. The van der Waals surface area contributed by atoms with Crippen LogP contribution in [0.3, 0.4) is 0 Å². The van der Waals surface area contributed by atoms with Crippen LogP contribution in [-0.2, 0) is 9.53 Å². The number of rotatable bonds is 5. The van der Waals surface area contributed by atoms with E-state index in [9.17, 15) is 18.0 Å². The molecule has 1 aromatic rings. The molecule has 0 aliphatic carbocycles. The summed E-state index contributed by atoms with van der Waals surface area (Å²) in [5.74, 6) is -0.522. The van der Waals surface area contributed by atoms with E-state index in [1.165, 1.54) is 19.3 Å². The van der Waals surface area contributed by atoms with Crippen molar-refractivity contribution in [2.75, 3.05) is 19.0 Å². The van der Waals surface area contributed by atoms with Crippen molar-refractivity contribution in [1.29, 1.82) is 0 Å². The van der Waals surface area contributed by atoms with Crippen molar-refractivity contribution in [2.24, 2.45) is 0 Å². The second kappa shape index (κ2) is 6.83. The van der Waals surface area contributed by atoms with Gasteiger partial charge in [0, 0.05) is 11.8 Å². The van der Waals surface area contributed by atoms with Gasteiger partial charge in [-0.15, -0.1) is 0 Å². The summed E-state index contributed by atoms with van der Waals surface area (Å²) in [6.45, 7) is 0.197. The summed E-state index contributed by atoms with van der Waals surface area (Å²) >= 11 is 0. The molecular formula is C13H14F3NO3. The molecule has 0 unspecified atom stereocenters. The van der Waals surface area contributed by atoms with Gasteiger partial charge >= 0.3 is 12.1 Å². The van der Waals surface area contributed by atoms with Crippen LogP contribution in [0.1, 0.15) is 6.92 Å². The summed E-state index contributed by atoms with van der Waals surface area (Å²) in [6.07, 6.45) is -3.23. The molecular weight excluding hydrogens is 275 g/mol. The van der Waals surface area contributed by atoms with E-state index in [0.29, 0.717) is 11.4 Å². The van der Waals surface area contributed by atoms with Crippen molar-refractivity contribution in [1.82, 2.24) is 0 Å². The van der Waals surface area contributed by atoms with Gasteiger partial charge in [0.2, 0.25) is 0 Å². The first-order chi connectivity index (χ1) is 9.31. The largest absolute Gasteiger partial charge is 0.482 e. The van der Waals surface area contributed by atoms with E-state index in [1.807, 2.05) is 0 Å². The lowest BCUT2D eigenvalue weighted by Gasteiger charge is -2.14. The van der Waals surface area contributed by atoms with Crippen LogP contribution in [0.5, 0.6) is 5.75 Å². The van der Waals surface area contributed by atoms with Crippen molar-refractivity contribution in [2.45, 2.75) is 13.1 Å². The van der Waals surface area contributed by atoms with E-state index in [1.54, 1.807) is 25.1 Å². The normalized spacial score (nSPS) is 11.9. The van der Waals surface area contributed by atoms with Crippen LogP contribution in [-0.4, -0.2) is 25.9 Å². The molecule has 20 heavy (non-hydrogen) atoms. The van der Waals surface area contributed by atoms with Crippen LogP contribution in [0.25, 0.3) is 0 Å². The highest BCUT2D eigenvalue weighted by Gasteiger charge is 2.28. The quantitative estimate of drug-likeness (QED) is 0.668. The van der Waals surface area contributed by atoms with Crippen molar-refractivity contribution < 1.29 is 27.4 Å². The molecule has 7 heteroatoms. The zero-order valence-corrected chi connectivity index (χ0v) is 11.0. The minimum absolute atomic E-state index is 0.0439. The molecule has 1 rings (SSSR count). The lowest BCUT2D eigenvalue weighted by Crippen LogP contribution is -2.19. The highest BCUT2D eigenvalue weighted by Crippen LogP contribution is 2.27. The van der Waals surface area contributed by atoms with Crippen LogP contribution in [0.15, 0.2) is 36.0 Å². The third-order valence-electron chi connectivity index (χ3n) is 2.15. The summed E-state index contributed by atoms with van der Waals surface area (Å²) in [7, 11) is 1.23. The fraction of sp³-hybridized carbons (Fsp3) is 0.308. The Balaban J connectivity index is 2.80. The number of benzene rings is 1. The van der Waals surface area contributed by atoms with Gasteiger partial charge < -0.3 is 14.8 Å². The molecule has 1 N–H and O–H groups in total. The van der Waals surface area contributed by atoms with E-state index < -0.39 is 18.8 Å². The fourth-order valence-corrected chi connectivity index (χ4v) is 1.34. The number of allylic oxidation sites excluding steroid dienone is 1. The maximum absolute atomic E-state index is 12.1. The molecule has 0 saturated heterocycles. The van der Waals surface area contributed by atoms with Gasteiger partial charge in [0.05, 0.1) is 12.8 Å². The number of methoxy groups -OCH3 is 1. The Morgan fingerprint density at radius 2 is 2.00 bits per heavy atom. The minimum Gasteiger partial charge on any atom is -0.482 e. The molecule has 0 bridgehead atoms. The number of nitrogens with one attached hydrogen (secondary N) is 1. The SMILES string of the molecule is COC(=O)/C=C(\C)Nc1ccccc1OCC(F)(F)F. The van der Waals surface area contributed by atoms with E-state index >= 15 is 0 Å². The second-order valence-corrected chi connectivity index (χ2v) is 3.88. The maximum atomic E-state index is 12.1. The van der Waals surface area contributed by atoms with Gasteiger partial charge in [-0.25, -0.2) is 4.79 Å². The Bertz CT molecular complexity index is 498. The monoisotopic (exact) mass is 289 g/mol. The van der Waals surface area contributed by atoms with Gasteiger partial charge in [0.15, 0.2) is 6.61 Å². The summed E-state index contributed by atoms with van der Waals surface area (Å²) < 4.78 is 45.6. The number of ether oxygens (including phenoxy) is 2. The molecule has 0 aromatic heterocycles. The first-order valence-electron chi connectivity index (χ1n) is 5.63. The third kappa shape index (κ3) is 5.64. The van der Waals surface area contributed by atoms with Gasteiger partial charge in [-0.05, 0) is 19.1 Å². The molecule has 110 valence electrons. The number of anilines is 1. The van der Waals surface area contributed by atoms with Crippen LogP contribution in [0, 0.1) is 0 Å². The standard InChI is InChI=1S/C13H14F3NO3/c1-9(7-12(18)19-2)17-10-5-3-4-6-11(10)20-8-13(14,15)16/h3-7,17H,8H2,1-2H3/b9-7+. The molecule has 0 amide bonds. The summed E-state index contributed by atoms with van der Waals surface area (Å²) in [5, 5.41) is 2.78. The Labute approximate surface area is 114 Å². The molecule has 0 atom stereocenters. The minimum atomic E-state index is -4.41. The number of para-hydroxylation sites is 2. The zero-order chi connectivity index (χ0) is 15.2. The highest BCUT2D eigenvalue weighted by molar-refractivity contribution is 5.83. The Morgan fingerprint density at radius 3 is 2.60 bits per heavy atom. The molecule has 0 spiro atoms. The molecule has 4 nitrogen and oxygen atoms in total. The molecule has 0 saturated carbocycles. The van der Waals surface area contributed by atoms with Crippen LogP contribution in [0.2, 0.25) is 0 Å². The van der Waals surface area contributed by atoms with Gasteiger partial charge in [0.1, 0.15) is 5.75 Å². The molecule has 0 aliphatic heterocycles. The van der Waals surface area contributed by atoms with Crippen LogP contribution >= 0.6 is 0 Å². The van der Waals surface area contributed by atoms with Crippen molar-refractivity contribution >= 4 is 11.7 Å². The van der Waals surface area contributed by atoms with Crippen LogP contribution < -0.4 is 10.1 Å². The number of carbonyl (C=O) groups is 1. The van der Waals surface area contributed by atoms with Gasteiger partial charge in [0.25, 0.3) is 0 Å². The molecule has 0 heterocycles. The number of esters is 1.